The number of aromatic nitrogens is 3. The normalized spacial score (nSPS) is 12.3. The molecule has 1 atom stereocenters. The zero-order valence-electron chi connectivity index (χ0n) is 12.0. The van der Waals surface area contributed by atoms with Gasteiger partial charge < -0.3 is 15.2 Å². The van der Waals surface area contributed by atoms with Gasteiger partial charge in [-0.2, -0.15) is 5.10 Å². The summed E-state index contributed by atoms with van der Waals surface area (Å²) in [5.74, 6) is -1.71. The van der Waals surface area contributed by atoms with Gasteiger partial charge >= 0.3 is 5.97 Å². The summed E-state index contributed by atoms with van der Waals surface area (Å²) in [6.45, 7) is 3.54. The molecule has 0 spiro atoms. The summed E-state index contributed by atoms with van der Waals surface area (Å²) in [5.41, 5.74) is 2.21. The quantitative estimate of drug-likeness (QED) is 0.814. The Morgan fingerprint density at radius 1 is 1.48 bits per heavy atom. The van der Waals surface area contributed by atoms with Crippen LogP contribution in [-0.4, -0.2) is 51.3 Å². The van der Waals surface area contributed by atoms with Crippen LogP contribution in [0.15, 0.2) is 12.3 Å². The molecule has 112 valence electrons. The third-order valence-electron chi connectivity index (χ3n) is 2.96. The number of aliphatic carboxylic acids is 1. The maximum absolute atomic E-state index is 12.2. The van der Waals surface area contributed by atoms with E-state index in [0.717, 1.165) is 11.4 Å². The van der Waals surface area contributed by atoms with E-state index in [2.05, 4.69) is 15.4 Å². The standard InChI is InChI=1S/C13H16N4O4/c1-7-4-8(2)17-11(15-7)9(5-14-17)12(18)16-10(6-21-3)13(19)20/h4-5,10H,6H2,1-3H3,(H,16,18)(H,19,20). The monoisotopic (exact) mass is 292 g/mol. The van der Waals surface area contributed by atoms with E-state index >= 15 is 0 Å². The van der Waals surface area contributed by atoms with Gasteiger partial charge in [-0.15, -0.1) is 0 Å². The maximum atomic E-state index is 12.2. The Bertz CT molecular complexity index is 695. The summed E-state index contributed by atoms with van der Waals surface area (Å²) < 4.78 is 6.31. The molecule has 2 rings (SSSR count). The topological polar surface area (TPSA) is 106 Å². The second kappa shape index (κ2) is 5.88. The molecule has 0 bridgehead atoms. The molecule has 2 heterocycles. The van der Waals surface area contributed by atoms with Gasteiger partial charge in [0.15, 0.2) is 11.7 Å². The fourth-order valence-electron chi connectivity index (χ4n) is 2.01. The van der Waals surface area contributed by atoms with Crippen LogP contribution in [0.4, 0.5) is 0 Å². The summed E-state index contributed by atoms with van der Waals surface area (Å²) in [5, 5.41) is 15.5. The van der Waals surface area contributed by atoms with Crippen molar-refractivity contribution in [3.05, 3.63) is 29.2 Å². The predicted octanol–water partition coefficient (Wildman–Crippen LogP) is 0.176. The SMILES string of the molecule is COCC(NC(=O)c1cnn2c(C)cc(C)nc12)C(=O)O. The van der Waals surface area contributed by atoms with Gasteiger partial charge in [-0.25, -0.2) is 14.3 Å². The van der Waals surface area contributed by atoms with E-state index in [-0.39, 0.29) is 12.2 Å². The molecule has 8 heteroatoms. The number of methoxy groups -OCH3 is 1. The first-order valence-corrected chi connectivity index (χ1v) is 6.28. The van der Waals surface area contributed by atoms with Crippen LogP contribution in [0.2, 0.25) is 0 Å². The second-order valence-electron chi connectivity index (χ2n) is 4.65. The molecule has 2 aromatic heterocycles. The Balaban J connectivity index is 2.33. The van der Waals surface area contributed by atoms with E-state index in [9.17, 15) is 9.59 Å². The van der Waals surface area contributed by atoms with Gasteiger partial charge in [-0.05, 0) is 19.9 Å². The molecule has 2 N–H and O–H groups in total. The van der Waals surface area contributed by atoms with Gasteiger partial charge in [0, 0.05) is 18.5 Å². The number of carbonyl (C=O) groups is 2. The zero-order chi connectivity index (χ0) is 15.6. The van der Waals surface area contributed by atoms with E-state index in [1.807, 2.05) is 19.9 Å². The molecule has 0 aromatic carbocycles. The Hall–Kier alpha value is -2.48. The van der Waals surface area contributed by atoms with Gasteiger partial charge in [0.2, 0.25) is 0 Å². The van der Waals surface area contributed by atoms with Gasteiger partial charge in [0.1, 0.15) is 5.56 Å². The Morgan fingerprint density at radius 3 is 2.81 bits per heavy atom. The number of nitrogens with zero attached hydrogens (tertiary/aromatic N) is 3. The molecule has 21 heavy (non-hydrogen) atoms. The zero-order valence-corrected chi connectivity index (χ0v) is 12.0. The molecule has 0 radical (unpaired) electrons. The highest BCUT2D eigenvalue weighted by atomic mass is 16.5. The summed E-state index contributed by atoms with van der Waals surface area (Å²) in [6.07, 6.45) is 1.37. The number of hydrogen-bond donors (Lipinski definition) is 2. The van der Waals surface area contributed by atoms with Crippen LogP contribution in [0, 0.1) is 13.8 Å². The van der Waals surface area contributed by atoms with Crippen LogP contribution < -0.4 is 5.32 Å². The van der Waals surface area contributed by atoms with Crippen molar-refractivity contribution in [3.63, 3.8) is 0 Å². The fourth-order valence-corrected chi connectivity index (χ4v) is 2.01. The lowest BCUT2D eigenvalue weighted by Gasteiger charge is -2.12. The Labute approximate surface area is 120 Å². The fraction of sp³-hybridized carbons (Fsp3) is 0.385. The highest BCUT2D eigenvalue weighted by molar-refractivity contribution is 6.01. The number of amides is 1. The average molecular weight is 292 g/mol. The lowest BCUT2D eigenvalue weighted by Crippen LogP contribution is -2.43. The van der Waals surface area contributed by atoms with Crippen molar-refractivity contribution in [3.8, 4) is 0 Å². The van der Waals surface area contributed by atoms with Gasteiger partial charge in [0.25, 0.3) is 5.91 Å². The van der Waals surface area contributed by atoms with Crippen LogP contribution in [0.5, 0.6) is 0 Å². The van der Waals surface area contributed by atoms with Crippen molar-refractivity contribution in [2.24, 2.45) is 0 Å². The number of fused-ring (bicyclic) bond motifs is 1. The van der Waals surface area contributed by atoms with Gasteiger partial charge in [0.05, 0.1) is 12.8 Å². The largest absolute Gasteiger partial charge is 0.480 e. The lowest BCUT2D eigenvalue weighted by atomic mass is 10.2. The molecule has 0 fully saturated rings. The number of ether oxygens (including phenoxy) is 1. The van der Waals surface area contributed by atoms with E-state index < -0.39 is 17.9 Å². The minimum Gasteiger partial charge on any atom is -0.480 e. The van der Waals surface area contributed by atoms with E-state index in [0.29, 0.717) is 5.65 Å². The van der Waals surface area contributed by atoms with Crippen LogP contribution in [-0.2, 0) is 9.53 Å². The molecule has 0 saturated heterocycles. The van der Waals surface area contributed by atoms with E-state index in [4.69, 9.17) is 9.84 Å². The van der Waals surface area contributed by atoms with Crippen LogP contribution in [0.3, 0.4) is 0 Å². The number of aryl methyl sites for hydroxylation is 2. The smallest absolute Gasteiger partial charge is 0.328 e. The first-order valence-electron chi connectivity index (χ1n) is 6.28. The third kappa shape index (κ3) is 3.00. The molecule has 0 saturated carbocycles. The number of nitrogens with one attached hydrogen (secondary N) is 1. The molecular weight excluding hydrogens is 276 g/mol. The number of carbonyl (C=O) groups excluding carboxylic acids is 1. The van der Waals surface area contributed by atoms with Crippen molar-refractivity contribution in [2.75, 3.05) is 13.7 Å². The summed E-state index contributed by atoms with van der Waals surface area (Å²) in [7, 11) is 1.37. The Kier molecular flexibility index (Phi) is 4.18. The van der Waals surface area contributed by atoms with Gasteiger partial charge in [-0.1, -0.05) is 0 Å². The Morgan fingerprint density at radius 2 is 2.19 bits per heavy atom. The van der Waals surface area contributed by atoms with Crippen molar-refractivity contribution in [1.29, 1.82) is 0 Å². The molecule has 2 aromatic rings. The first kappa shape index (κ1) is 14.9. The second-order valence-corrected chi connectivity index (χ2v) is 4.65. The van der Waals surface area contributed by atoms with Crippen LogP contribution in [0.25, 0.3) is 5.65 Å². The number of carboxylic acid groups (broad SMARTS) is 1. The molecule has 0 aliphatic rings. The lowest BCUT2D eigenvalue weighted by molar-refractivity contribution is -0.140. The average Bonchev–Trinajstić information content (AvgIpc) is 2.81. The van der Waals surface area contributed by atoms with E-state index in [1.54, 1.807) is 0 Å². The predicted molar refractivity (Wildman–Crippen MR) is 73.2 cm³/mol. The molecular formula is C13H16N4O4. The van der Waals surface area contributed by atoms with E-state index in [1.165, 1.54) is 17.8 Å². The minimum absolute atomic E-state index is 0.119. The first-order chi connectivity index (χ1) is 9.93. The molecule has 1 unspecified atom stereocenters. The number of carboxylic acids is 1. The minimum atomic E-state index is -1.16. The van der Waals surface area contributed by atoms with Gasteiger partial charge in [-0.3, -0.25) is 4.79 Å². The van der Waals surface area contributed by atoms with Crippen molar-refractivity contribution < 1.29 is 19.4 Å². The highest BCUT2D eigenvalue weighted by Gasteiger charge is 2.23. The summed E-state index contributed by atoms with van der Waals surface area (Å²) >= 11 is 0. The molecule has 0 aliphatic heterocycles. The maximum Gasteiger partial charge on any atom is 0.328 e. The van der Waals surface area contributed by atoms with Crippen molar-refractivity contribution >= 4 is 17.5 Å². The number of rotatable bonds is 5. The van der Waals surface area contributed by atoms with Crippen molar-refractivity contribution in [2.45, 2.75) is 19.9 Å². The molecule has 0 aliphatic carbocycles. The third-order valence-corrected chi connectivity index (χ3v) is 2.96. The molecule has 1 amide bonds. The van der Waals surface area contributed by atoms with Crippen LogP contribution >= 0.6 is 0 Å². The van der Waals surface area contributed by atoms with Crippen LogP contribution in [0.1, 0.15) is 21.7 Å². The summed E-state index contributed by atoms with van der Waals surface area (Å²) in [6, 6.07) is 0.718. The number of hydrogen-bond acceptors (Lipinski definition) is 5. The molecule has 8 nitrogen and oxygen atoms in total. The highest BCUT2D eigenvalue weighted by Crippen LogP contribution is 2.12. The van der Waals surface area contributed by atoms with Crippen molar-refractivity contribution in [1.82, 2.24) is 19.9 Å². The summed E-state index contributed by atoms with van der Waals surface area (Å²) in [4.78, 5) is 27.5.